The van der Waals surface area contributed by atoms with Crippen LogP contribution in [-0.4, -0.2) is 48.1 Å². The maximum atomic E-state index is 12.3. The molecule has 1 aliphatic rings. The Hall–Kier alpha value is -1.10. The maximum Gasteiger partial charge on any atom is 0.317 e. The highest BCUT2D eigenvalue weighted by molar-refractivity contribution is 5.78. The monoisotopic (exact) mass is 270 g/mol. The van der Waals surface area contributed by atoms with Crippen molar-refractivity contribution in [2.75, 3.05) is 26.2 Å². The second-order valence-corrected chi connectivity index (χ2v) is 5.33. The molecule has 5 heteroatoms. The fraction of sp³-hybridized carbons (Fsp3) is 0.857. The third kappa shape index (κ3) is 5.19. The highest BCUT2D eigenvalue weighted by Gasteiger charge is 2.27. The number of likely N-dealkylation sites (tertiary alicyclic amines) is 1. The summed E-state index contributed by atoms with van der Waals surface area (Å²) in [6, 6.07) is 0. The maximum absolute atomic E-state index is 12.3. The molecule has 0 aromatic carbocycles. The molecule has 1 rings (SSSR count). The van der Waals surface area contributed by atoms with E-state index in [-0.39, 0.29) is 18.4 Å². The van der Waals surface area contributed by atoms with Crippen LogP contribution >= 0.6 is 0 Å². The van der Waals surface area contributed by atoms with Crippen LogP contribution in [-0.2, 0) is 9.59 Å². The molecule has 1 fully saturated rings. The average molecular weight is 270 g/mol. The Morgan fingerprint density at radius 1 is 1.37 bits per heavy atom. The first-order chi connectivity index (χ1) is 9.08. The number of nitrogens with zero attached hydrogens (tertiary/aromatic N) is 1. The van der Waals surface area contributed by atoms with Gasteiger partial charge in [0.05, 0.1) is 6.54 Å². The molecule has 1 aliphatic heterocycles. The van der Waals surface area contributed by atoms with Crippen LogP contribution in [0, 0.1) is 11.8 Å². The number of hydrogen-bond donors (Lipinski definition) is 2. The van der Waals surface area contributed by atoms with Gasteiger partial charge in [-0.2, -0.15) is 0 Å². The predicted molar refractivity (Wildman–Crippen MR) is 73.9 cm³/mol. The van der Waals surface area contributed by atoms with Crippen LogP contribution in [0.3, 0.4) is 0 Å². The van der Waals surface area contributed by atoms with E-state index in [4.69, 9.17) is 5.11 Å². The zero-order valence-corrected chi connectivity index (χ0v) is 12.0. The van der Waals surface area contributed by atoms with E-state index in [1.807, 2.05) is 4.90 Å². The Morgan fingerprint density at radius 2 is 2.05 bits per heavy atom. The van der Waals surface area contributed by atoms with Crippen molar-refractivity contribution >= 4 is 11.9 Å². The molecule has 0 aliphatic carbocycles. The van der Waals surface area contributed by atoms with Gasteiger partial charge in [0.25, 0.3) is 0 Å². The molecule has 110 valence electrons. The first-order valence-corrected chi connectivity index (χ1v) is 7.29. The van der Waals surface area contributed by atoms with Crippen molar-refractivity contribution < 1.29 is 14.7 Å². The molecule has 0 aromatic rings. The van der Waals surface area contributed by atoms with E-state index in [0.29, 0.717) is 12.5 Å². The molecule has 1 saturated heterocycles. The minimum Gasteiger partial charge on any atom is -0.480 e. The zero-order valence-electron chi connectivity index (χ0n) is 12.0. The molecular formula is C14H26N2O3. The second-order valence-electron chi connectivity index (χ2n) is 5.33. The van der Waals surface area contributed by atoms with Crippen molar-refractivity contribution in [3.05, 3.63) is 0 Å². The fourth-order valence-corrected chi connectivity index (χ4v) is 2.71. The molecule has 2 N–H and O–H groups in total. The van der Waals surface area contributed by atoms with E-state index in [1.54, 1.807) is 0 Å². The van der Waals surface area contributed by atoms with Crippen LogP contribution in [0.2, 0.25) is 0 Å². The van der Waals surface area contributed by atoms with Gasteiger partial charge in [0.15, 0.2) is 0 Å². The summed E-state index contributed by atoms with van der Waals surface area (Å²) >= 11 is 0. The second kappa shape index (κ2) is 8.15. The zero-order chi connectivity index (χ0) is 14.3. The molecule has 0 radical (unpaired) electrons. The van der Waals surface area contributed by atoms with Gasteiger partial charge in [0.2, 0.25) is 5.91 Å². The number of nitrogens with one attached hydrogen (secondary N) is 1. The summed E-state index contributed by atoms with van der Waals surface area (Å²) in [6.07, 6.45) is 3.88. The smallest absolute Gasteiger partial charge is 0.317 e. The van der Waals surface area contributed by atoms with Crippen LogP contribution in [0.4, 0.5) is 0 Å². The Labute approximate surface area is 115 Å². The number of carbonyl (C=O) groups excluding carboxylic acids is 1. The normalized spacial score (nSPS) is 19.7. The molecular weight excluding hydrogens is 244 g/mol. The van der Waals surface area contributed by atoms with Gasteiger partial charge in [-0.25, -0.2) is 0 Å². The van der Waals surface area contributed by atoms with E-state index in [0.717, 1.165) is 38.8 Å². The van der Waals surface area contributed by atoms with Crippen molar-refractivity contribution in [2.24, 2.45) is 11.8 Å². The standard InChI is InChI=1S/C14H26N2O3/c1-3-12(4-2)14(19)16-7-5-6-11(10-16)8-15-9-13(17)18/h11-12,15H,3-10H2,1-2H3,(H,17,18). The van der Waals surface area contributed by atoms with E-state index in [1.165, 1.54) is 0 Å². The summed E-state index contributed by atoms with van der Waals surface area (Å²) in [5, 5.41) is 11.5. The van der Waals surface area contributed by atoms with Crippen molar-refractivity contribution in [3.8, 4) is 0 Å². The summed E-state index contributed by atoms with van der Waals surface area (Å²) in [5.41, 5.74) is 0. The number of rotatable bonds is 7. The van der Waals surface area contributed by atoms with Gasteiger partial charge in [0, 0.05) is 25.6 Å². The van der Waals surface area contributed by atoms with Crippen LogP contribution < -0.4 is 5.32 Å². The number of carbonyl (C=O) groups is 2. The predicted octanol–water partition coefficient (Wildman–Crippen LogP) is 1.34. The summed E-state index contributed by atoms with van der Waals surface area (Å²) in [7, 11) is 0. The van der Waals surface area contributed by atoms with Gasteiger partial charge < -0.3 is 15.3 Å². The quantitative estimate of drug-likeness (QED) is 0.732. The van der Waals surface area contributed by atoms with Gasteiger partial charge in [-0.05, 0) is 31.6 Å². The third-order valence-corrected chi connectivity index (χ3v) is 3.87. The number of carboxylic acid groups (broad SMARTS) is 1. The van der Waals surface area contributed by atoms with Crippen molar-refractivity contribution in [3.63, 3.8) is 0 Å². The van der Waals surface area contributed by atoms with Gasteiger partial charge in [-0.15, -0.1) is 0 Å². The van der Waals surface area contributed by atoms with Crippen molar-refractivity contribution in [1.29, 1.82) is 0 Å². The van der Waals surface area contributed by atoms with E-state index < -0.39 is 5.97 Å². The molecule has 1 heterocycles. The molecule has 0 bridgehead atoms. The van der Waals surface area contributed by atoms with Crippen LogP contribution in [0.1, 0.15) is 39.5 Å². The first-order valence-electron chi connectivity index (χ1n) is 7.29. The molecule has 5 nitrogen and oxygen atoms in total. The molecule has 0 spiro atoms. The lowest BCUT2D eigenvalue weighted by Crippen LogP contribution is -2.45. The molecule has 0 saturated carbocycles. The fourth-order valence-electron chi connectivity index (χ4n) is 2.71. The Bertz CT molecular complexity index is 303. The lowest BCUT2D eigenvalue weighted by molar-refractivity contribution is -0.138. The largest absolute Gasteiger partial charge is 0.480 e. The lowest BCUT2D eigenvalue weighted by Gasteiger charge is -2.34. The first kappa shape index (κ1) is 16.0. The van der Waals surface area contributed by atoms with Crippen molar-refractivity contribution in [1.82, 2.24) is 10.2 Å². The van der Waals surface area contributed by atoms with Crippen molar-refractivity contribution in [2.45, 2.75) is 39.5 Å². The molecule has 1 unspecified atom stereocenters. The molecule has 0 aromatic heterocycles. The lowest BCUT2D eigenvalue weighted by atomic mass is 9.95. The number of carboxylic acids is 1. The number of piperidine rings is 1. The van der Waals surface area contributed by atoms with Gasteiger partial charge in [0.1, 0.15) is 0 Å². The topological polar surface area (TPSA) is 69.6 Å². The summed E-state index contributed by atoms with van der Waals surface area (Å²) in [6.45, 7) is 6.41. The van der Waals surface area contributed by atoms with Gasteiger partial charge in [-0.1, -0.05) is 13.8 Å². The van der Waals surface area contributed by atoms with Gasteiger partial charge >= 0.3 is 5.97 Å². The van der Waals surface area contributed by atoms with E-state index in [9.17, 15) is 9.59 Å². The average Bonchev–Trinajstić information content (AvgIpc) is 2.40. The minimum absolute atomic E-state index is 0.00298. The number of amides is 1. The number of hydrogen-bond acceptors (Lipinski definition) is 3. The van der Waals surface area contributed by atoms with Crippen LogP contribution in [0.5, 0.6) is 0 Å². The van der Waals surface area contributed by atoms with Crippen LogP contribution in [0.15, 0.2) is 0 Å². The van der Waals surface area contributed by atoms with E-state index >= 15 is 0 Å². The minimum atomic E-state index is -0.833. The summed E-state index contributed by atoms with van der Waals surface area (Å²) in [5.74, 6) is -0.0363. The van der Waals surface area contributed by atoms with Crippen LogP contribution in [0.25, 0.3) is 0 Å². The Kier molecular flexibility index (Phi) is 6.84. The SMILES string of the molecule is CCC(CC)C(=O)N1CCCC(CNCC(=O)O)C1. The Morgan fingerprint density at radius 3 is 2.63 bits per heavy atom. The third-order valence-electron chi connectivity index (χ3n) is 3.87. The highest BCUT2D eigenvalue weighted by atomic mass is 16.4. The summed E-state index contributed by atoms with van der Waals surface area (Å²) < 4.78 is 0. The highest BCUT2D eigenvalue weighted by Crippen LogP contribution is 2.20. The van der Waals surface area contributed by atoms with E-state index in [2.05, 4.69) is 19.2 Å². The molecule has 19 heavy (non-hydrogen) atoms. The van der Waals surface area contributed by atoms with Gasteiger partial charge in [-0.3, -0.25) is 9.59 Å². The molecule has 1 amide bonds. The Balaban J connectivity index is 2.40. The summed E-state index contributed by atoms with van der Waals surface area (Å²) in [4.78, 5) is 24.7. The molecule has 1 atom stereocenters. The number of aliphatic carboxylic acids is 1.